The summed E-state index contributed by atoms with van der Waals surface area (Å²) in [5, 5.41) is 0.873. The summed E-state index contributed by atoms with van der Waals surface area (Å²) < 4.78 is 31.1. The molecule has 0 saturated heterocycles. The van der Waals surface area contributed by atoms with E-state index in [4.69, 9.17) is 4.55 Å². The van der Waals surface area contributed by atoms with Gasteiger partial charge in [0.1, 0.15) is 0 Å². The van der Waals surface area contributed by atoms with Crippen LogP contribution in [-0.4, -0.2) is 13.0 Å². The van der Waals surface area contributed by atoms with Gasteiger partial charge >= 0.3 is 0 Å². The first-order valence-electron chi connectivity index (χ1n) is 5.36. The first-order valence-corrected chi connectivity index (χ1v) is 6.86. The topological polar surface area (TPSA) is 54.4 Å². The lowest BCUT2D eigenvalue weighted by Gasteiger charge is -2.07. The fourth-order valence-electron chi connectivity index (χ4n) is 1.69. The van der Waals surface area contributed by atoms with Crippen LogP contribution in [0.25, 0.3) is 5.57 Å². The van der Waals surface area contributed by atoms with Crippen molar-refractivity contribution >= 4 is 15.7 Å². The summed E-state index contributed by atoms with van der Waals surface area (Å²) in [5.74, 6) is 0. The summed E-state index contributed by atoms with van der Waals surface area (Å²) in [5.41, 5.74) is 1.95. The summed E-state index contributed by atoms with van der Waals surface area (Å²) >= 11 is 0. The summed E-state index contributed by atoms with van der Waals surface area (Å²) in [4.78, 5) is 0. The fourth-order valence-corrected chi connectivity index (χ4v) is 2.26. The summed E-state index contributed by atoms with van der Waals surface area (Å²) in [6, 6.07) is 18.1. The van der Waals surface area contributed by atoms with Gasteiger partial charge in [-0.05, 0) is 11.1 Å². The van der Waals surface area contributed by atoms with Crippen molar-refractivity contribution < 1.29 is 13.0 Å². The van der Waals surface area contributed by atoms with E-state index in [1.165, 1.54) is 0 Å². The lowest BCUT2D eigenvalue weighted by Crippen LogP contribution is -1.95. The molecule has 1 N–H and O–H groups in total. The minimum Gasteiger partial charge on any atom is -0.282 e. The maximum Gasteiger partial charge on any atom is 0.288 e. The monoisotopic (exact) mass is 260 g/mol. The van der Waals surface area contributed by atoms with Crippen molar-refractivity contribution in [2.24, 2.45) is 0 Å². The van der Waals surface area contributed by atoms with E-state index in [-0.39, 0.29) is 0 Å². The average molecular weight is 260 g/mol. The molecule has 0 aliphatic rings. The Morgan fingerprint density at radius 2 is 1.22 bits per heavy atom. The molecular weight excluding hydrogens is 248 g/mol. The normalized spacial score (nSPS) is 10.9. The molecule has 0 spiro atoms. The van der Waals surface area contributed by atoms with Crippen LogP contribution in [0.2, 0.25) is 0 Å². The van der Waals surface area contributed by atoms with Gasteiger partial charge < -0.3 is 0 Å². The zero-order valence-corrected chi connectivity index (χ0v) is 10.3. The second-order valence-electron chi connectivity index (χ2n) is 3.78. The molecule has 0 amide bonds. The Kier molecular flexibility index (Phi) is 3.60. The smallest absolute Gasteiger partial charge is 0.282 e. The molecule has 18 heavy (non-hydrogen) atoms. The molecule has 0 fully saturated rings. The summed E-state index contributed by atoms with van der Waals surface area (Å²) in [6.07, 6.45) is 0. The van der Waals surface area contributed by atoms with Crippen LogP contribution in [0, 0.1) is 0 Å². The van der Waals surface area contributed by atoms with Crippen molar-refractivity contribution in [1.29, 1.82) is 0 Å². The Morgan fingerprint density at radius 3 is 1.56 bits per heavy atom. The van der Waals surface area contributed by atoms with E-state index in [0.717, 1.165) is 16.5 Å². The molecule has 0 heterocycles. The Balaban J connectivity index is 2.60. The Morgan fingerprint density at radius 1 is 0.833 bits per heavy atom. The minimum atomic E-state index is -4.18. The highest BCUT2D eigenvalue weighted by molar-refractivity contribution is 7.89. The molecule has 0 saturated carbocycles. The Bertz CT molecular complexity index is 602. The van der Waals surface area contributed by atoms with E-state index in [1.54, 1.807) is 24.3 Å². The van der Waals surface area contributed by atoms with Crippen LogP contribution < -0.4 is 0 Å². The standard InChI is InChI=1S/C14H12O3S/c15-18(16,17)11-14(12-7-3-1-4-8-12)13-9-5-2-6-10-13/h1-11H,(H,15,16,17). The van der Waals surface area contributed by atoms with E-state index in [2.05, 4.69) is 0 Å². The van der Waals surface area contributed by atoms with Crippen LogP contribution in [0.5, 0.6) is 0 Å². The molecule has 92 valence electrons. The van der Waals surface area contributed by atoms with Gasteiger partial charge in [0.15, 0.2) is 0 Å². The van der Waals surface area contributed by atoms with Gasteiger partial charge in [-0.1, -0.05) is 60.7 Å². The lowest BCUT2D eigenvalue weighted by molar-refractivity contribution is 0.494. The minimum absolute atomic E-state index is 0.471. The van der Waals surface area contributed by atoms with E-state index >= 15 is 0 Å². The third kappa shape index (κ3) is 3.29. The number of benzene rings is 2. The third-order valence-electron chi connectivity index (χ3n) is 2.44. The van der Waals surface area contributed by atoms with Crippen molar-refractivity contribution in [3.63, 3.8) is 0 Å². The second kappa shape index (κ2) is 5.16. The zero-order chi connectivity index (χ0) is 13.0. The Hall–Kier alpha value is -1.91. The first-order chi connectivity index (χ1) is 8.56. The molecule has 0 radical (unpaired) electrons. The van der Waals surface area contributed by atoms with Gasteiger partial charge in [-0.25, -0.2) is 0 Å². The SMILES string of the molecule is O=S(=O)(O)C=C(c1ccccc1)c1ccccc1. The zero-order valence-electron chi connectivity index (χ0n) is 9.52. The van der Waals surface area contributed by atoms with Crippen LogP contribution in [-0.2, 0) is 10.1 Å². The van der Waals surface area contributed by atoms with Crippen molar-refractivity contribution in [3.05, 3.63) is 77.2 Å². The van der Waals surface area contributed by atoms with Crippen molar-refractivity contribution in [1.82, 2.24) is 0 Å². The maximum absolute atomic E-state index is 11.1. The molecule has 0 bridgehead atoms. The average Bonchev–Trinajstić information content (AvgIpc) is 2.37. The molecule has 0 atom stereocenters. The highest BCUT2D eigenvalue weighted by Gasteiger charge is 2.09. The Labute approximate surface area is 106 Å². The van der Waals surface area contributed by atoms with Crippen molar-refractivity contribution in [3.8, 4) is 0 Å². The summed E-state index contributed by atoms with van der Waals surface area (Å²) in [7, 11) is -4.18. The molecule has 2 aromatic carbocycles. The van der Waals surface area contributed by atoms with E-state index in [0.29, 0.717) is 5.57 Å². The lowest BCUT2D eigenvalue weighted by atomic mass is 10.00. The van der Waals surface area contributed by atoms with Crippen molar-refractivity contribution in [2.75, 3.05) is 0 Å². The van der Waals surface area contributed by atoms with Gasteiger partial charge in [0, 0.05) is 5.57 Å². The van der Waals surface area contributed by atoms with Gasteiger partial charge in [-0.15, -0.1) is 0 Å². The molecular formula is C14H12O3S. The van der Waals surface area contributed by atoms with Crippen LogP contribution in [0.4, 0.5) is 0 Å². The molecule has 4 heteroatoms. The molecule has 0 unspecified atom stereocenters. The maximum atomic E-state index is 11.1. The van der Waals surface area contributed by atoms with Gasteiger partial charge in [0.2, 0.25) is 0 Å². The number of hydrogen-bond acceptors (Lipinski definition) is 2. The van der Waals surface area contributed by atoms with Crippen LogP contribution in [0.15, 0.2) is 66.1 Å². The van der Waals surface area contributed by atoms with Crippen LogP contribution >= 0.6 is 0 Å². The van der Waals surface area contributed by atoms with E-state index in [9.17, 15) is 8.42 Å². The van der Waals surface area contributed by atoms with Crippen LogP contribution in [0.1, 0.15) is 11.1 Å². The quantitative estimate of drug-likeness (QED) is 0.863. The van der Waals surface area contributed by atoms with Crippen LogP contribution in [0.3, 0.4) is 0 Å². The van der Waals surface area contributed by atoms with Gasteiger partial charge in [0.05, 0.1) is 5.41 Å². The third-order valence-corrected chi connectivity index (χ3v) is 2.97. The highest BCUT2D eigenvalue weighted by Crippen LogP contribution is 2.23. The molecule has 2 rings (SSSR count). The fraction of sp³-hybridized carbons (Fsp3) is 0. The number of rotatable bonds is 3. The van der Waals surface area contributed by atoms with Gasteiger partial charge in [-0.3, -0.25) is 4.55 Å². The molecule has 0 aliphatic heterocycles. The molecule has 3 nitrogen and oxygen atoms in total. The summed E-state index contributed by atoms with van der Waals surface area (Å²) in [6.45, 7) is 0. The number of hydrogen-bond donors (Lipinski definition) is 1. The molecule has 0 aliphatic carbocycles. The molecule has 2 aromatic rings. The predicted octanol–water partition coefficient (Wildman–Crippen LogP) is 2.96. The van der Waals surface area contributed by atoms with Gasteiger partial charge in [-0.2, -0.15) is 8.42 Å². The van der Waals surface area contributed by atoms with Crippen molar-refractivity contribution in [2.45, 2.75) is 0 Å². The van der Waals surface area contributed by atoms with E-state index < -0.39 is 10.1 Å². The highest BCUT2D eigenvalue weighted by atomic mass is 32.2. The predicted molar refractivity (Wildman–Crippen MR) is 71.5 cm³/mol. The first kappa shape index (κ1) is 12.5. The second-order valence-corrected chi connectivity index (χ2v) is 5.04. The largest absolute Gasteiger partial charge is 0.288 e. The van der Waals surface area contributed by atoms with Gasteiger partial charge in [0.25, 0.3) is 10.1 Å². The van der Waals surface area contributed by atoms with E-state index in [1.807, 2.05) is 36.4 Å². The molecule has 0 aromatic heterocycles.